The number of hydrogen-bond acceptors (Lipinski definition) is 5. The van der Waals surface area contributed by atoms with Gasteiger partial charge >= 0.3 is 18.1 Å². The second kappa shape index (κ2) is 7.95. The molecule has 3 fully saturated rings. The number of ether oxygens (including phenoxy) is 2. The molecule has 4 rings (SSSR count). The Morgan fingerprint density at radius 1 is 1.03 bits per heavy atom. The highest BCUT2D eigenvalue weighted by Gasteiger charge is 2.67. The van der Waals surface area contributed by atoms with Crippen LogP contribution < -0.4 is 0 Å². The monoisotopic (exact) mass is 482 g/mol. The van der Waals surface area contributed by atoms with Crippen molar-refractivity contribution in [1.82, 2.24) is 0 Å². The molecule has 4 aliphatic rings. The normalized spacial score (nSPS) is 41.0. The predicted octanol–water partition coefficient (Wildman–Crippen LogP) is 5.83. The summed E-state index contributed by atoms with van der Waals surface area (Å²) in [5.41, 5.74) is -0.906. The van der Waals surface area contributed by atoms with Crippen LogP contribution in [0.5, 0.6) is 0 Å². The maximum atomic E-state index is 13.8. The van der Waals surface area contributed by atoms with E-state index in [1.807, 2.05) is 6.92 Å². The van der Waals surface area contributed by atoms with Crippen LogP contribution in [0.15, 0.2) is 23.0 Å². The summed E-state index contributed by atoms with van der Waals surface area (Å²) in [6.07, 6.45) is 1.24. The van der Waals surface area contributed by atoms with Gasteiger partial charge in [-0.1, -0.05) is 32.4 Å². The Morgan fingerprint density at radius 3 is 2.29 bits per heavy atom. The van der Waals surface area contributed by atoms with E-state index in [0.717, 1.165) is 26.2 Å². The van der Waals surface area contributed by atoms with Gasteiger partial charge in [-0.3, -0.25) is 14.4 Å². The number of carbonyl (C=O) groups excluding carboxylic acids is 3. The Balaban J connectivity index is 1.73. The van der Waals surface area contributed by atoms with Crippen LogP contribution in [0.25, 0.3) is 0 Å². The maximum absolute atomic E-state index is 13.8. The lowest BCUT2D eigenvalue weighted by Crippen LogP contribution is -2.55. The van der Waals surface area contributed by atoms with E-state index in [0.29, 0.717) is 19.3 Å². The number of hydrogen-bond donors (Lipinski definition) is 0. The number of ketones is 1. The van der Waals surface area contributed by atoms with Gasteiger partial charge in [-0.25, -0.2) is 0 Å². The van der Waals surface area contributed by atoms with E-state index in [9.17, 15) is 27.6 Å². The van der Waals surface area contributed by atoms with Crippen LogP contribution in [0.2, 0.25) is 0 Å². The summed E-state index contributed by atoms with van der Waals surface area (Å²) < 4.78 is 51.6. The molecule has 0 bridgehead atoms. The number of carbonyl (C=O) groups is 3. The third kappa shape index (κ3) is 3.63. The highest BCUT2D eigenvalue weighted by molar-refractivity contribution is 6.04. The largest absolute Gasteiger partial charge is 0.462 e. The van der Waals surface area contributed by atoms with E-state index >= 15 is 0 Å². The van der Waals surface area contributed by atoms with Gasteiger partial charge in [0.2, 0.25) is 5.76 Å². The molecule has 4 aliphatic carbocycles. The molecule has 0 N–H and O–H groups in total. The second-order valence-electron chi connectivity index (χ2n) is 11.3. The first-order chi connectivity index (χ1) is 15.6. The minimum absolute atomic E-state index is 0.0264. The lowest BCUT2D eigenvalue weighted by Gasteiger charge is -2.60. The quantitative estimate of drug-likeness (QED) is 0.214. The molecule has 5 nitrogen and oxygen atoms in total. The van der Waals surface area contributed by atoms with Crippen molar-refractivity contribution in [3.05, 3.63) is 23.0 Å². The molecule has 0 aromatic heterocycles. The fraction of sp³-hybridized carbons (Fsp3) is 0.731. The van der Waals surface area contributed by atoms with Crippen molar-refractivity contribution in [2.75, 3.05) is 0 Å². The van der Waals surface area contributed by atoms with Gasteiger partial charge < -0.3 is 9.47 Å². The molecule has 0 unspecified atom stereocenters. The average Bonchev–Trinajstić information content (AvgIpc) is 2.92. The first-order valence-electron chi connectivity index (χ1n) is 12.0. The first kappa shape index (κ1) is 25.0. The molecule has 3 saturated carbocycles. The molecule has 0 radical (unpaired) electrons. The van der Waals surface area contributed by atoms with Gasteiger partial charge in [-0.2, -0.15) is 13.2 Å². The Kier molecular flexibility index (Phi) is 5.84. The fourth-order valence-corrected chi connectivity index (χ4v) is 7.61. The SMILES string of the molecule is CC(=O)O/C(=C1\C[C@@]2(C)[C@@H]3CC=C4C[C@@H](OC(C)=O)CC[C@]4(C)[C@H]3CC[C@]2(C)C1=O)C(F)(F)F. The molecule has 0 aromatic carbocycles. The number of Topliss-reactive ketones (excluding diaryl/α,β-unsaturated/α-hetero) is 1. The average molecular weight is 483 g/mol. The van der Waals surface area contributed by atoms with Gasteiger partial charge in [0, 0.05) is 31.3 Å². The van der Waals surface area contributed by atoms with Crippen LogP contribution in [0.1, 0.15) is 79.6 Å². The summed E-state index contributed by atoms with van der Waals surface area (Å²) in [7, 11) is 0. The number of allylic oxidation sites excluding steroid dienone is 3. The van der Waals surface area contributed by atoms with E-state index in [1.165, 1.54) is 12.5 Å². The molecule has 0 spiro atoms. The van der Waals surface area contributed by atoms with Crippen LogP contribution in [0.4, 0.5) is 13.2 Å². The Labute approximate surface area is 198 Å². The van der Waals surface area contributed by atoms with Crippen molar-refractivity contribution in [3.8, 4) is 0 Å². The molecule has 0 saturated heterocycles. The van der Waals surface area contributed by atoms with Gasteiger partial charge in [-0.15, -0.1) is 0 Å². The zero-order valence-electron chi connectivity index (χ0n) is 20.4. The molecule has 34 heavy (non-hydrogen) atoms. The number of halogens is 3. The van der Waals surface area contributed by atoms with Crippen LogP contribution in [0, 0.1) is 28.1 Å². The Bertz CT molecular complexity index is 995. The van der Waals surface area contributed by atoms with E-state index < -0.39 is 40.1 Å². The number of esters is 2. The molecule has 0 amide bonds. The third-order valence-electron chi connectivity index (χ3n) is 9.55. The summed E-state index contributed by atoms with van der Waals surface area (Å²) in [6.45, 7) is 8.29. The molecular formula is C26H33F3O5. The van der Waals surface area contributed by atoms with Gasteiger partial charge in [-0.05, 0) is 61.2 Å². The van der Waals surface area contributed by atoms with Crippen LogP contribution in [-0.2, 0) is 23.9 Å². The Hall–Kier alpha value is -2.12. The van der Waals surface area contributed by atoms with Crippen molar-refractivity contribution in [3.63, 3.8) is 0 Å². The van der Waals surface area contributed by atoms with E-state index in [2.05, 4.69) is 17.7 Å². The van der Waals surface area contributed by atoms with Crippen LogP contribution in [-0.4, -0.2) is 30.0 Å². The van der Waals surface area contributed by atoms with E-state index in [-0.39, 0.29) is 35.7 Å². The highest BCUT2D eigenvalue weighted by Crippen LogP contribution is 2.70. The molecule has 188 valence electrons. The zero-order chi connectivity index (χ0) is 25.3. The molecule has 0 aromatic rings. The summed E-state index contributed by atoms with van der Waals surface area (Å²) in [6, 6.07) is 0. The third-order valence-corrected chi connectivity index (χ3v) is 9.55. The Morgan fingerprint density at radius 2 is 1.71 bits per heavy atom. The summed E-state index contributed by atoms with van der Waals surface area (Å²) in [5.74, 6) is -3.12. The zero-order valence-corrected chi connectivity index (χ0v) is 20.4. The smallest absolute Gasteiger partial charge is 0.450 e. The van der Waals surface area contributed by atoms with Crippen molar-refractivity contribution in [2.45, 2.75) is 91.8 Å². The van der Waals surface area contributed by atoms with E-state index in [4.69, 9.17) is 4.74 Å². The van der Waals surface area contributed by atoms with Gasteiger partial charge in [0.15, 0.2) is 5.78 Å². The summed E-state index contributed by atoms with van der Waals surface area (Å²) in [5, 5.41) is 0. The maximum Gasteiger partial charge on any atom is 0.450 e. The number of alkyl halides is 3. The molecule has 0 aliphatic heterocycles. The van der Waals surface area contributed by atoms with Crippen LogP contribution >= 0.6 is 0 Å². The van der Waals surface area contributed by atoms with E-state index in [1.54, 1.807) is 6.92 Å². The minimum Gasteiger partial charge on any atom is -0.462 e. The van der Waals surface area contributed by atoms with Crippen LogP contribution in [0.3, 0.4) is 0 Å². The lowest BCUT2D eigenvalue weighted by molar-refractivity contribution is -0.159. The lowest BCUT2D eigenvalue weighted by atomic mass is 9.43. The number of rotatable bonds is 2. The van der Waals surface area contributed by atoms with Crippen molar-refractivity contribution < 1.29 is 37.0 Å². The highest BCUT2D eigenvalue weighted by atomic mass is 19.4. The topological polar surface area (TPSA) is 69.7 Å². The van der Waals surface area contributed by atoms with Crippen molar-refractivity contribution in [2.24, 2.45) is 28.1 Å². The summed E-state index contributed by atoms with van der Waals surface area (Å²) >= 11 is 0. The van der Waals surface area contributed by atoms with Crippen molar-refractivity contribution in [1.29, 1.82) is 0 Å². The van der Waals surface area contributed by atoms with Gasteiger partial charge in [0.25, 0.3) is 0 Å². The number of fused-ring (bicyclic) bond motifs is 5. The molecular weight excluding hydrogens is 449 g/mol. The van der Waals surface area contributed by atoms with Crippen molar-refractivity contribution >= 4 is 17.7 Å². The fourth-order valence-electron chi connectivity index (χ4n) is 7.61. The molecule has 8 heteroatoms. The first-order valence-corrected chi connectivity index (χ1v) is 12.0. The molecule has 0 heterocycles. The standard InChI is InChI=1S/C26H33F3O5/c1-14(30)33-17-8-10-23(3)16(12-17)6-7-20-19(23)9-11-24(4)21(32)18(13-25(20,24)5)22(26(27,28)29)34-15(2)31/h6,17,19-20H,7-13H2,1-5H3/b22-18+/t17-,19-,20+,23-,24+,25-/m0/s1. The summed E-state index contributed by atoms with van der Waals surface area (Å²) in [4.78, 5) is 36.4. The molecule has 6 atom stereocenters. The predicted molar refractivity (Wildman–Crippen MR) is 117 cm³/mol. The van der Waals surface area contributed by atoms with Gasteiger partial charge in [0.05, 0.1) is 0 Å². The van der Waals surface area contributed by atoms with Gasteiger partial charge in [0.1, 0.15) is 6.10 Å². The minimum atomic E-state index is -4.92. The second-order valence-corrected chi connectivity index (χ2v) is 11.3.